The lowest BCUT2D eigenvalue weighted by atomic mass is 10.1. The van der Waals surface area contributed by atoms with Crippen molar-refractivity contribution in [3.05, 3.63) is 40.1 Å². The van der Waals surface area contributed by atoms with Crippen LogP contribution in [0.25, 0.3) is 0 Å². The van der Waals surface area contributed by atoms with Gasteiger partial charge in [0, 0.05) is 0 Å². The average molecular weight is 426 g/mol. The molecule has 3 rings (SSSR count). The standard InChI is InChI=1S/C22H25N4O3S/c1-13-9-15(11-23)10-14(2)18(13)28-19-16-12-26(21(27)29-22(3,4)5)8-7-17(16)24-20(25-19)30-6/h9-10,12H,7-8H2,1-6H3/q+1. The van der Waals surface area contributed by atoms with Crippen molar-refractivity contribution in [2.75, 3.05) is 12.8 Å². The van der Waals surface area contributed by atoms with Crippen LogP contribution >= 0.6 is 11.8 Å². The molecule has 0 aliphatic carbocycles. The molecule has 8 heteroatoms. The number of benzene rings is 1. The summed E-state index contributed by atoms with van der Waals surface area (Å²) in [5.74, 6) is 1.03. The second-order valence-corrected chi connectivity index (χ2v) is 8.86. The first-order valence-electron chi connectivity index (χ1n) is 9.60. The van der Waals surface area contributed by atoms with Gasteiger partial charge in [-0.2, -0.15) is 15.0 Å². The number of carbonyl (C=O) groups is 1. The van der Waals surface area contributed by atoms with Crippen LogP contribution in [-0.2, 0) is 11.2 Å². The zero-order valence-corrected chi connectivity index (χ0v) is 18.9. The molecular formula is C22H25N4O3S+. The summed E-state index contributed by atoms with van der Waals surface area (Å²) in [6.45, 7) is 9.76. The van der Waals surface area contributed by atoms with Crippen molar-refractivity contribution >= 4 is 24.1 Å². The molecule has 1 aromatic heterocycles. The lowest BCUT2D eigenvalue weighted by Crippen LogP contribution is -2.35. The van der Waals surface area contributed by atoms with Crippen LogP contribution < -0.4 is 4.74 Å². The van der Waals surface area contributed by atoms with Crippen molar-refractivity contribution in [3.63, 3.8) is 0 Å². The molecule has 0 saturated carbocycles. The second-order valence-electron chi connectivity index (χ2n) is 8.08. The Kier molecular flexibility index (Phi) is 6.13. The first-order chi connectivity index (χ1) is 14.1. The van der Waals surface area contributed by atoms with E-state index in [4.69, 9.17) is 9.47 Å². The molecule has 1 aliphatic rings. The molecule has 0 unspecified atom stereocenters. The molecule has 0 bridgehead atoms. The van der Waals surface area contributed by atoms with Crippen LogP contribution in [0.5, 0.6) is 11.6 Å². The van der Waals surface area contributed by atoms with Gasteiger partial charge in [0.05, 0.1) is 23.7 Å². The van der Waals surface area contributed by atoms with Crippen molar-refractivity contribution in [1.29, 1.82) is 5.26 Å². The summed E-state index contributed by atoms with van der Waals surface area (Å²) in [5.41, 5.74) is 3.16. The Morgan fingerprint density at radius 2 is 1.90 bits per heavy atom. The van der Waals surface area contributed by atoms with Gasteiger partial charge in [-0.05, 0) is 64.1 Å². The van der Waals surface area contributed by atoms with Gasteiger partial charge in [0.2, 0.25) is 5.88 Å². The van der Waals surface area contributed by atoms with Gasteiger partial charge in [0.25, 0.3) is 0 Å². The largest absolute Gasteiger partial charge is 0.596 e. The summed E-state index contributed by atoms with van der Waals surface area (Å²) in [4.78, 5) is 21.7. The summed E-state index contributed by atoms with van der Waals surface area (Å²) in [6.07, 6.45) is 3.76. The molecule has 2 aromatic rings. The van der Waals surface area contributed by atoms with Crippen LogP contribution in [-0.4, -0.2) is 45.3 Å². The van der Waals surface area contributed by atoms with E-state index in [0.29, 0.717) is 40.9 Å². The maximum Gasteiger partial charge on any atom is 0.596 e. The van der Waals surface area contributed by atoms with E-state index in [1.807, 2.05) is 40.9 Å². The molecule has 0 atom stereocenters. The van der Waals surface area contributed by atoms with Gasteiger partial charge < -0.3 is 9.47 Å². The molecule has 1 aliphatic heterocycles. The number of thioether (sulfide) groups is 1. The Hall–Kier alpha value is -2.92. The molecule has 30 heavy (non-hydrogen) atoms. The number of fused-ring (bicyclic) bond motifs is 1. The zero-order valence-electron chi connectivity index (χ0n) is 18.1. The molecule has 1 aromatic carbocycles. The predicted molar refractivity (Wildman–Crippen MR) is 115 cm³/mol. The van der Waals surface area contributed by atoms with Crippen molar-refractivity contribution in [3.8, 4) is 17.7 Å². The molecule has 1 amide bonds. The summed E-state index contributed by atoms with van der Waals surface area (Å²) in [5, 5.41) is 9.79. The minimum Gasteiger partial charge on any atom is -0.437 e. The summed E-state index contributed by atoms with van der Waals surface area (Å²) in [7, 11) is 0. The highest BCUT2D eigenvalue weighted by molar-refractivity contribution is 7.98. The fraction of sp³-hybridized carbons (Fsp3) is 0.409. The van der Waals surface area contributed by atoms with Crippen molar-refractivity contribution in [2.24, 2.45) is 0 Å². The monoisotopic (exact) mass is 425 g/mol. The maximum absolute atomic E-state index is 12.6. The first-order valence-corrected chi connectivity index (χ1v) is 10.8. The van der Waals surface area contributed by atoms with Crippen molar-refractivity contribution in [2.45, 2.75) is 51.8 Å². The maximum atomic E-state index is 12.6. The average Bonchev–Trinajstić information content (AvgIpc) is 2.68. The van der Waals surface area contributed by atoms with Gasteiger partial charge in [0.1, 0.15) is 16.9 Å². The molecular weight excluding hydrogens is 400 g/mol. The number of hydrogen-bond acceptors (Lipinski definition) is 7. The topological polar surface area (TPSA) is 88.1 Å². The van der Waals surface area contributed by atoms with Crippen LogP contribution in [0, 0.1) is 25.2 Å². The number of hydrogen-bond donors (Lipinski definition) is 0. The Morgan fingerprint density at radius 1 is 1.23 bits per heavy atom. The van der Waals surface area contributed by atoms with Crippen molar-refractivity contribution < 1.29 is 18.8 Å². The Balaban J connectivity index is 2.05. The predicted octanol–water partition coefficient (Wildman–Crippen LogP) is 4.40. The molecule has 0 fully saturated rings. The van der Waals surface area contributed by atoms with Crippen LogP contribution in [0.3, 0.4) is 0 Å². The number of aryl methyl sites for hydroxylation is 2. The Morgan fingerprint density at radius 3 is 2.47 bits per heavy atom. The van der Waals surface area contributed by atoms with Crippen LogP contribution in [0.2, 0.25) is 0 Å². The number of nitriles is 1. The third-order valence-electron chi connectivity index (χ3n) is 4.44. The van der Waals surface area contributed by atoms with Gasteiger partial charge in [-0.15, -0.1) is 4.58 Å². The van der Waals surface area contributed by atoms with Crippen LogP contribution in [0.1, 0.15) is 48.7 Å². The quantitative estimate of drug-likeness (QED) is 0.409. The molecule has 2 heterocycles. The van der Waals surface area contributed by atoms with E-state index in [1.54, 1.807) is 18.3 Å². The fourth-order valence-electron chi connectivity index (χ4n) is 3.14. The highest BCUT2D eigenvalue weighted by atomic mass is 32.2. The summed E-state index contributed by atoms with van der Waals surface area (Å²) in [6, 6.07) is 5.72. The molecule has 0 spiro atoms. The third-order valence-corrected chi connectivity index (χ3v) is 4.99. The molecule has 0 radical (unpaired) electrons. The summed E-state index contributed by atoms with van der Waals surface area (Å²) >= 11 is 1.43. The van der Waals surface area contributed by atoms with E-state index in [9.17, 15) is 10.1 Å². The lowest BCUT2D eigenvalue weighted by Gasteiger charge is -2.19. The van der Waals surface area contributed by atoms with E-state index in [1.165, 1.54) is 16.3 Å². The number of carbonyl (C=O) groups excluding carboxylic acids is 1. The molecule has 156 valence electrons. The minimum atomic E-state index is -0.583. The van der Waals surface area contributed by atoms with Gasteiger partial charge in [-0.3, -0.25) is 0 Å². The van der Waals surface area contributed by atoms with Crippen molar-refractivity contribution in [1.82, 2.24) is 9.97 Å². The van der Waals surface area contributed by atoms with Crippen LogP contribution in [0.15, 0.2) is 17.3 Å². The first kappa shape index (κ1) is 21.8. The number of rotatable bonds is 3. The number of nitrogens with zero attached hydrogens (tertiary/aromatic N) is 4. The fourth-order valence-corrected chi connectivity index (χ4v) is 3.52. The van der Waals surface area contributed by atoms with E-state index in [0.717, 1.165) is 16.8 Å². The van der Waals surface area contributed by atoms with E-state index >= 15 is 0 Å². The van der Waals surface area contributed by atoms with E-state index in [-0.39, 0.29) is 0 Å². The number of aromatic nitrogens is 2. The highest BCUT2D eigenvalue weighted by Crippen LogP contribution is 2.33. The van der Waals surface area contributed by atoms with E-state index in [2.05, 4.69) is 16.0 Å². The Labute approximate surface area is 180 Å². The highest BCUT2D eigenvalue weighted by Gasteiger charge is 2.32. The normalized spacial score (nSPS) is 13.2. The molecule has 0 saturated heterocycles. The zero-order chi connectivity index (χ0) is 22.1. The minimum absolute atomic E-state index is 0.383. The number of amides is 1. The van der Waals surface area contributed by atoms with Gasteiger partial charge in [0.15, 0.2) is 17.9 Å². The second kappa shape index (κ2) is 8.44. The van der Waals surface area contributed by atoms with Crippen LogP contribution in [0.4, 0.5) is 4.79 Å². The molecule has 7 nitrogen and oxygen atoms in total. The summed E-state index contributed by atoms with van der Waals surface area (Å²) < 4.78 is 13.3. The number of ether oxygens (including phenoxy) is 2. The lowest BCUT2D eigenvalue weighted by molar-refractivity contribution is -0.447. The third kappa shape index (κ3) is 4.79. The van der Waals surface area contributed by atoms with E-state index < -0.39 is 11.7 Å². The van der Waals surface area contributed by atoms with Gasteiger partial charge in [-0.25, -0.2) is 4.98 Å². The molecule has 0 N–H and O–H groups in total. The van der Waals surface area contributed by atoms with Gasteiger partial charge >= 0.3 is 6.09 Å². The smallest absolute Gasteiger partial charge is 0.437 e. The SMILES string of the molecule is CSc1nc2c(c(Oc3c(C)cc(C#N)cc3C)n1)C=[N+](C(=O)OC(C)(C)C)CC2. The van der Waals surface area contributed by atoms with Gasteiger partial charge in [-0.1, -0.05) is 11.8 Å². The Bertz CT molecular complexity index is 1060.